The molecule has 2 amide bonds. The second kappa shape index (κ2) is 10.2. The average molecular weight is 482 g/mol. The molecule has 182 valence electrons. The van der Waals surface area contributed by atoms with Gasteiger partial charge in [0.2, 0.25) is 10.0 Å². The van der Waals surface area contributed by atoms with Crippen LogP contribution in [-0.4, -0.2) is 87.1 Å². The maximum atomic E-state index is 13.4. The Balaban J connectivity index is 1.49. The third-order valence-corrected chi connectivity index (χ3v) is 8.51. The zero-order chi connectivity index (χ0) is 23.4. The standard InChI is InChI=1S/C21H31N5O6S/c27-21(22-17-4-2-1-3-5-17)24-10-8-23(9-11-24)19-7-6-18(26(28)29)16-20(19)33(30,31)25-12-14-32-15-13-25/h6-7,16-17H,1-5,8-15H2,(H,22,27). The fourth-order valence-electron chi connectivity index (χ4n) is 4.67. The molecule has 33 heavy (non-hydrogen) atoms. The number of hydrogen-bond acceptors (Lipinski definition) is 7. The molecular formula is C21H31N5O6S. The highest BCUT2D eigenvalue weighted by Gasteiger charge is 2.33. The van der Waals surface area contributed by atoms with Crippen LogP contribution in [0, 0.1) is 10.1 Å². The van der Waals surface area contributed by atoms with Crippen molar-refractivity contribution >= 4 is 27.4 Å². The minimum Gasteiger partial charge on any atom is -0.379 e. The Labute approximate surface area is 193 Å². The summed E-state index contributed by atoms with van der Waals surface area (Å²) in [6, 6.07) is 4.12. The molecule has 0 aromatic heterocycles. The number of non-ortho nitro benzene ring substituents is 1. The van der Waals surface area contributed by atoms with Gasteiger partial charge in [-0.25, -0.2) is 13.2 Å². The van der Waals surface area contributed by atoms with Gasteiger partial charge in [-0.15, -0.1) is 0 Å². The number of morpholine rings is 1. The van der Waals surface area contributed by atoms with E-state index in [9.17, 15) is 23.3 Å². The van der Waals surface area contributed by atoms with Crippen molar-refractivity contribution in [1.82, 2.24) is 14.5 Å². The van der Waals surface area contributed by atoms with Crippen molar-refractivity contribution in [3.05, 3.63) is 28.3 Å². The lowest BCUT2D eigenvalue weighted by Crippen LogP contribution is -2.54. The quantitative estimate of drug-likeness (QED) is 0.502. The molecule has 1 N–H and O–H groups in total. The van der Waals surface area contributed by atoms with Crippen LogP contribution in [0.15, 0.2) is 23.1 Å². The number of amides is 2. The first-order chi connectivity index (χ1) is 15.9. The molecule has 12 heteroatoms. The molecule has 11 nitrogen and oxygen atoms in total. The van der Waals surface area contributed by atoms with E-state index in [0.29, 0.717) is 31.9 Å². The molecule has 2 aliphatic heterocycles. The van der Waals surface area contributed by atoms with E-state index in [0.717, 1.165) is 31.7 Å². The Morgan fingerprint density at radius 3 is 2.33 bits per heavy atom. The first-order valence-corrected chi connectivity index (χ1v) is 13.0. The molecule has 1 aromatic carbocycles. The lowest BCUT2D eigenvalue weighted by molar-refractivity contribution is -0.385. The first-order valence-electron chi connectivity index (χ1n) is 11.5. The van der Waals surface area contributed by atoms with Crippen LogP contribution in [0.2, 0.25) is 0 Å². The summed E-state index contributed by atoms with van der Waals surface area (Å²) in [5, 5.41) is 14.5. The third-order valence-electron chi connectivity index (χ3n) is 6.58. The minimum atomic E-state index is -3.93. The molecule has 3 aliphatic rings. The number of nitrogens with one attached hydrogen (secondary N) is 1. The van der Waals surface area contributed by atoms with Crippen LogP contribution in [0.25, 0.3) is 0 Å². The van der Waals surface area contributed by atoms with Crippen LogP contribution in [0.3, 0.4) is 0 Å². The van der Waals surface area contributed by atoms with Gasteiger partial charge in [-0.2, -0.15) is 4.31 Å². The zero-order valence-corrected chi connectivity index (χ0v) is 19.5. The van der Waals surface area contributed by atoms with Gasteiger partial charge >= 0.3 is 6.03 Å². The van der Waals surface area contributed by atoms with Crippen molar-refractivity contribution in [2.24, 2.45) is 0 Å². The van der Waals surface area contributed by atoms with Crippen LogP contribution < -0.4 is 10.2 Å². The van der Waals surface area contributed by atoms with Gasteiger partial charge in [0.25, 0.3) is 5.69 Å². The SMILES string of the molecule is O=C(NC1CCCCC1)N1CCN(c2ccc([N+](=O)[O-])cc2S(=O)(=O)N2CCOCC2)CC1. The monoisotopic (exact) mass is 481 g/mol. The number of nitro benzene ring substituents is 1. The second-order valence-corrected chi connectivity index (χ2v) is 10.6. The number of urea groups is 1. The Morgan fingerprint density at radius 1 is 1.03 bits per heavy atom. The van der Waals surface area contributed by atoms with Crippen molar-refractivity contribution in [1.29, 1.82) is 0 Å². The molecule has 1 aliphatic carbocycles. The highest BCUT2D eigenvalue weighted by molar-refractivity contribution is 7.89. The normalized spacial score (nSPS) is 21.1. The van der Waals surface area contributed by atoms with Crippen molar-refractivity contribution < 1.29 is 22.9 Å². The van der Waals surface area contributed by atoms with Crippen LogP contribution in [0.4, 0.5) is 16.2 Å². The largest absolute Gasteiger partial charge is 0.379 e. The van der Waals surface area contributed by atoms with Crippen LogP contribution in [-0.2, 0) is 14.8 Å². The fraction of sp³-hybridized carbons (Fsp3) is 0.667. The number of anilines is 1. The number of nitrogens with zero attached hydrogens (tertiary/aromatic N) is 4. The third kappa shape index (κ3) is 5.39. The molecule has 1 saturated carbocycles. The summed E-state index contributed by atoms with van der Waals surface area (Å²) in [6.07, 6.45) is 5.52. The maximum absolute atomic E-state index is 13.4. The summed E-state index contributed by atoms with van der Waals surface area (Å²) in [5.41, 5.74) is 0.163. The topological polar surface area (TPSA) is 125 Å². The van der Waals surface area contributed by atoms with Gasteiger partial charge in [0, 0.05) is 57.4 Å². The highest BCUT2D eigenvalue weighted by atomic mass is 32.2. The molecule has 4 rings (SSSR count). The van der Waals surface area contributed by atoms with Crippen molar-refractivity contribution in [3.63, 3.8) is 0 Å². The van der Waals surface area contributed by atoms with Crippen LogP contribution >= 0.6 is 0 Å². The van der Waals surface area contributed by atoms with Crippen LogP contribution in [0.5, 0.6) is 0 Å². The van der Waals surface area contributed by atoms with E-state index < -0.39 is 14.9 Å². The van der Waals surface area contributed by atoms with E-state index >= 15 is 0 Å². The van der Waals surface area contributed by atoms with Crippen molar-refractivity contribution in [3.8, 4) is 0 Å². The molecule has 1 aromatic rings. The van der Waals surface area contributed by atoms with Gasteiger partial charge in [-0.3, -0.25) is 10.1 Å². The number of hydrogen-bond donors (Lipinski definition) is 1. The molecular weight excluding hydrogens is 450 g/mol. The fourth-order valence-corrected chi connectivity index (χ4v) is 6.31. The summed E-state index contributed by atoms with van der Waals surface area (Å²) >= 11 is 0. The predicted molar refractivity (Wildman–Crippen MR) is 122 cm³/mol. The van der Waals surface area contributed by atoms with E-state index in [1.807, 2.05) is 4.90 Å². The summed E-state index contributed by atoms with van der Waals surface area (Å²) in [7, 11) is -3.93. The Hall–Kier alpha value is -2.44. The number of carbonyl (C=O) groups is 1. The highest BCUT2D eigenvalue weighted by Crippen LogP contribution is 2.32. The zero-order valence-electron chi connectivity index (χ0n) is 18.6. The van der Waals surface area contributed by atoms with Gasteiger partial charge in [-0.1, -0.05) is 19.3 Å². The molecule has 0 radical (unpaired) electrons. The molecule has 0 unspecified atom stereocenters. The Kier molecular flexibility index (Phi) is 7.35. The first kappa shape index (κ1) is 23.7. The number of piperazine rings is 1. The molecule has 2 heterocycles. The summed E-state index contributed by atoms with van der Waals surface area (Å²) in [4.78, 5) is 27.0. The summed E-state index contributed by atoms with van der Waals surface area (Å²) < 4.78 is 33.3. The average Bonchev–Trinajstić information content (AvgIpc) is 2.85. The summed E-state index contributed by atoms with van der Waals surface area (Å²) in [6.45, 7) is 2.79. The Morgan fingerprint density at radius 2 is 1.70 bits per heavy atom. The maximum Gasteiger partial charge on any atom is 0.317 e. The van der Waals surface area contributed by atoms with Gasteiger partial charge in [0.15, 0.2) is 0 Å². The van der Waals surface area contributed by atoms with Crippen molar-refractivity contribution in [2.45, 2.75) is 43.0 Å². The summed E-state index contributed by atoms with van der Waals surface area (Å²) in [5.74, 6) is 0. The number of nitro groups is 1. The van der Waals surface area contributed by atoms with Crippen LogP contribution in [0.1, 0.15) is 32.1 Å². The lowest BCUT2D eigenvalue weighted by atomic mass is 9.96. The van der Waals surface area contributed by atoms with E-state index in [1.54, 1.807) is 4.90 Å². The van der Waals surface area contributed by atoms with Gasteiger partial charge in [0.05, 0.1) is 23.8 Å². The van der Waals surface area contributed by atoms with E-state index in [4.69, 9.17) is 4.74 Å². The van der Waals surface area contributed by atoms with E-state index in [1.165, 1.54) is 22.9 Å². The van der Waals surface area contributed by atoms with Gasteiger partial charge < -0.3 is 19.9 Å². The molecule has 0 bridgehead atoms. The number of ether oxygens (including phenoxy) is 1. The number of benzene rings is 1. The van der Waals surface area contributed by atoms with Crippen molar-refractivity contribution in [2.75, 3.05) is 57.4 Å². The number of sulfonamides is 1. The predicted octanol–water partition coefficient (Wildman–Crippen LogP) is 1.78. The molecule has 0 spiro atoms. The second-order valence-electron chi connectivity index (χ2n) is 8.68. The molecule has 0 atom stereocenters. The number of carbonyl (C=O) groups excluding carboxylic acids is 1. The van der Waals surface area contributed by atoms with Gasteiger partial charge in [-0.05, 0) is 18.9 Å². The number of rotatable bonds is 5. The van der Waals surface area contributed by atoms with Gasteiger partial charge in [0.1, 0.15) is 4.90 Å². The molecule has 3 fully saturated rings. The lowest BCUT2D eigenvalue weighted by Gasteiger charge is -2.38. The smallest absolute Gasteiger partial charge is 0.317 e. The van der Waals surface area contributed by atoms with E-state index in [2.05, 4.69) is 5.32 Å². The Bertz CT molecular complexity index is 967. The minimum absolute atomic E-state index is 0.0706. The molecule has 2 saturated heterocycles. The van der Waals surface area contributed by atoms with E-state index in [-0.39, 0.29) is 49.0 Å².